The third-order valence-corrected chi connectivity index (χ3v) is 5.68. The van der Waals surface area contributed by atoms with Crippen molar-refractivity contribution in [3.8, 4) is 0 Å². The summed E-state index contributed by atoms with van der Waals surface area (Å²) < 4.78 is 0. The summed E-state index contributed by atoms with van der Waals surface area (Å²) in [6.07, 6.45) is 13.0. The van der Waals surface area contributed by atoms with Gasteiger partial charge in [0.15, 0.2) is 0 Å². The zero-order chi connectivity index (χ0) is 12.2. The number of nitrogens with zero attached hydrogens (tertiary/aromatic N) is 1. The van der Waals surface area contributed by atoms with Crippen molar-refractivity contribution < 1.29 is 4.79 Å². The first kappa shape index (κ1) is 11.3. The number of carbonyl (C=O) groups is 1. The van der Waals surface area contributed by atoms with E-state index < -0.39 is 0 Å². The third kappa shape index (κ3) is 1.56. The van der Waals surface area contributed by atoms with Crippen LogP contribution in [0.15, 0.2) is 0 Å². The highest BCUT2D eigenvalue weighted by molar-refractivity contribution is 5.92. The second-order valence-electron chi connectivity index (χ2n) is 6.87. The highest BCUT2D eigenvalue weighted by Gasteiger charge is 2.61. The second kappa shape index (κ2) is 3.96. The van der Waals surface area contributed by atoms with Crippen LogP contribution in [0.5, 0.6) is 0 Å². The molecule has 3 saturated carbocycles. The maximum Gasteiger partial charge on any atom is 0.244 e. The van der Waals surface area contributed by atoms with Crippen LogP contribution in [0.25, 0.3) is 0 Å². The Balaban J connectivity index is 1.60. The van der Waals surface area contributed by atoms with Crippen molar-refractivity contribution in [2.75, 3.05) is 0 Å². The van der Waals surface area contributed by atoms with E-state index in [1.807, 2.05) is 0 Å². The van der Waals surface area contributed by atoms with Gasteiger partial charge in [-0.05, 0) is 44.4 Å². The topological polar surface area (TPSA) is 32.3 Å². The van der Waals surface area contributed by atoms with Crippen molar-refractivity contribution in [1.29, 1.82) is 0 Å². The lowest BCUT2D eigenvalue weighted by molar-refractivity contribution is -0.133. The zero-order valence-electron chi connectivity index (χ0n) is 11.2. The Morgan fingerprint density at radius 1 is 1.00 bits per heavy atom. The Hall–Kier alpha value is -0.570. The van der Waals surface area contributed by atoms with E-state index in [1.165, 1.54) is 51.4 Å². The van der Waals surface area contributed by atoms with E-state index in [0.29, 0.717) is 18.1 Å². The summed E-state index contributed by atoms with van der Waals surface area (Å²) in [4.78, 5) is 15.0. The number of nitrogens with one attached hydrogen (secondary N) is 1. The molecule has 1 spiro atoms. The predicted octanol–water partition coefficient (Wildman–Crippen LogP) is 2.41. The Morgan fingerprint density at radius 2 is 1.61 bits per heavy atom. The van der Waals surface area contributed by atoms with E-state index in [1.54, 1.807) is 0 Å². The molecule has 0 bridgehead atoms. The summed E-state index contributed by atoms with van der Waals surface area (Å²) in [7, 11) is 0. The van der Waals surface area contributed by atoms with Gasteiger partial charge in [-0.15, -0.1) is 0 Å². The molecular formula is C15H24N2O. The van der Waals surface area contributed by atoms with Gasteiger partial charge in [0, 0.05) is 6.04 Å². The van der Waals surface area contributed by atoms with Gasteiger partial charge in [0.25, 0.3) is 0 Å². The first-order valence-electron chi connectivity index (χ1n) is 7.91. The Labute approximate surface area is 109 Å². The van der Waals surface area contributed by atoms with Gasteiger partial charge in [0.1, 0.15) is 0 Å². The molecular weight excluding hydrogens is 224 g/mol. The van der Waals surface area contributed by atoms with Gasteiger partial charge in [0.05, 0.1) is 11.7 Å². The highest BCUT2D eigenvalue weighted by Crippen LogP contribution is 2.47. The molecule has 3 nitrogen and oxygen atoms in total. The minimum atomic E-state index is -0.101. The lowest BCUT2D eigenvalue weighted by atomic mass is 10.0. The number of hydrogen-bond donors (Lipinski definition) is 1. The smallest absolute Gasteiger partial charge is 0.244 e. The van der Waals surface area contributed by atoms with Gasteiger partial charge < -0.3 is 4.90 Å². The molecule has 1 unspecified atom stereocenters. The summed E-state index contributed by atoms with van der Waals surface area (Å²) in [5.41, 5.74) is -0.101. The van der Waals surface area contributed by atoms with E-state index in [-0.39, 0.29) is 5.54 Å². The van der Waals surface area contributed by atoms with Crippen LogP contribution in [-0.4, -0.2) is 28.6 Å². The Bertz CT molecular complexity index is 352. The molecule has 1 heterocycles. The predicted molar refractivity (Wildman–Crippen MR) is 69.9 cm³/mol. The SMILES string of the molecule is O=C1N(C2CCCC2)C(C2CCCC2)NC12CC2. The lowest BCUT2D eigenvalue weighted by Crippen LogP contribution is -2.47. The first-order valence-corrected chi connectivity index (χ1v) is 7.91. The van der Waals surface area contributed by atoms with Crippen LogP contribution in [0, 0.1) is 5.92 Å². The molecule has 3 heteroatoms. The minimum Gasteiger partial charge on any atom is -0.322 e. The van der Waals surface area contributed by atoms with Crippen LogP contribution in [0.3, 0.4) is 0 Å². The molecule has 4 rings (SSSR count). The Morgan fingerprint density at radius 3 is 2.22 bits per heavy atom. The normalized spacial score (nSPS) is 36.1. The molecule has 0 aromatic heterocycles. The zero-order valence-corrected chi connectivity index (χ0v) is 11.2. The highest BCUT2D eigenvalue weighted by atomic mass is 16.2. The molecule has 100 valence electrons. The quantitative estimate of drug-likeness (QED) is 0.814. The maximum atomic E-state index is 12.7. The summed E-state index contributed by atoms with van der Waals surface area (Å²) in [6, 6.07) is 0.551. The van der Waals surface area contributed by atoms with Gasteiger partial charge in [-0.2, -0.15) is 0 Å². The molecule has 1 atom stereocenters. The fraction of sp³-hybridized carbons (Fsp3) is 0.933. The van der Waals surface area contributed by atoms with Crippen LogP contribution < -0.4 is 5.32 Å². The number of carbonyl (C=O) groups excluding carboxylic acids is 1. The number of rotatable bonds is 2. The third-order valence-electron chi connectivity index (χ3n) is 5.68. The van der Waals surface area contributed by atoms with Gasteiger partial charge in [-0.25, -0.2) is 0 Å². The summed E-state index contributed by atoms with van der Waals surface area (Å²) in [5.74, 6) is 1.18. The monoisotopic (exact) mass is 248 g/mol. The fourth-order valence-corrected chi connectivity index (χ4v) is 4.46. The van der Waals surface area contributed by atoms with Crippen molar-refractivity contribution in [2.45, 2.75) is 82.0 Å². The molecule has 18 heavy (non-hydrogen) atoms. The fourth-order valence-electron chi connectivity index (χ4n) is 4.46. The molecule has 1 aliphatic heterocycles. The van der Waals surface area contributed by atoms with Crippen LogP contribution in [0.2, 0.25) is 0 Å². The first-order chi connectivity index (χ1) is 8.80. The average Bonchev–Trinajstić information content (AvgIpc) is 2.80. The molecule has 4 aliphatic rings. The van der Waals surface area contributed by atoms with Crippen LogP contribution in [0.1, 0.15) is 64.2 Å². The van der Waals surface area contributed by atoms with Crippen molar-refractivity contribution in [3.63, 3.8) is 0 Å². The summed E-state index contributed by atoms with van der Waals surface area (Å²) in [5, 5.41) is 3.74. The molecule has 0 aromatic carbocycles. The van der Waals surface area contributed by atoms with E-state index in [9.17, 15) is 4.79 Å². The number of hydrogen-bond acceptors (Lipinski definition) is 2. The van der Waals surface area contributed by atoms with Gasteiger partial charge >= 0.3 is 0 Å². The molecule has 1 saturated heterocycles. The summed E-state index contributed by atoms with van der Waals surface area (Å²) in [6.45, 7) is 0. The van der Waals surface area contributed by atoms with Crippen molar-refractivity contribution in [2.24, 2.45) is 5.92 Å². The molecule has 0 aromatic rings. The second-order valence-corrected chi connectivity index (χ2v) is 6.87. The van der Waals surface area contributed by atoms with Crippen molar-refractivity contribution in [3.05, 3.63) is 0 Å². The van der Waals surface area contributed by atoms with E-state index >= 15 is 0 Å². The molecule has 4 fully saturated rings. The van der Waals surface area contributed by atoms with E-state index in [4.69, 9.17) is 0 Å². The van der Waals surface area contributed by atoms with Crippen molar-refractivity contribution >= 4 is 5.91 Å². The molecule has 0 radical (unpaired) electrons. The molecule has 3 aliphatic carbocycles. The van der Waals surface area contributed by atoms with Gasteiger partial charge in [0.2, 0.25) is 5.91 Å². The lowest BCUT2D eigenvalue weighted by Gasteiger charge is -2.33. The average molecular weight is 248 g/mol. The van der Waals surface area contributed by atoms with Crippen molar-refractivity contribution in [1.82, 2.24) is 10.2 Å². The summed E-state index contributed by atoms with van der Waals surface area (Å²) >= 11 is 0. The van der Waals surface area contributed by atoms with Crippen LogP contribution in [-0.2, 0) is 4.79 Å². The Kier molecular flexibility index (Phi) is 2.48. The standard InChI is InChI=1S/C15H24N2O/c18-14-15(9-10-15)16-13(11-5-1-2-6-11)17(14)12-7-3-4-8-12/h11-13,16H,1-10H2. The van der Waals surface area contributed by atoms with Crippen LogP contribution >= 0.6 is 0 Å². The molecule has 1 N–H and O–H groups in total. The van der Waals surface area contributed by atoms with E-state index in [2.05, 4.69) is 10.2 Å². The van der Waals surface area contributed by atoms with Crippen LogP contribution in [0.4, 0.5) is 0 Å². The maximum absolute atomic E-state index is 12.7. The van der Waals surface area contributed by atoms with Gasteiger partial charge in [-0.1, -0.05) is 25.7 Å². The van der Waals surface area contributed by atoms with E-state index in [0.717, 1.165) is 18.8 Å². The number of amides is 1. The molecule has 1 amide bonds. The largest absolute Gasteiger partial charge is 0.322 e. The minimum absolute atomic E-state index is 0.101. The van der Waals surface area contributed by atoms with Gasteiger partial charge in [-0.3, -0.25) is 10.1 Å².